The Balaban J connectivity index is 2.27. The molecule has 0 heterocycles. The lowest BCUT2D eigenvalue weighted by molar-refractivity contribution is -0.368. The number of carbonyl (C=O) groups is 2. The van der Waals surface area contributed by atoms with Crippen molar-refractivity contribution in [3.63, 3.8) is 0 Å². The topological polar surface area (TPSA) is 83.0 Å². The van der Waals surface area contributed by atoms with Crippen LogP contribution in [0.3, 0.4) is 0 Å². The largest absolute Gasteiger partial charge is 0.445 e. The lowest BCUT2D eigenvalue weighted by Crippen LogP contribution is -2.50. The molecule has 0 spiro atoms. The molecule has 0 saturated carbocycles. The van der Waals surface area contributed by atoms with Crippen molar-refractivity contribution in [2.45, 2.75) is 31.9 Å². The first-order chi connectivity index (χ1) is 9.26. The Labute approximate surface area is 113 Å². The highest BCUT2D eigenvalue weighted by atomic mass is 16.5. The number of hydrogen-bond acceptors (Lipinski definition) is 3. The number of unbranched alkanes of at least 4 members (excludes halogenated alkanes) is 1. The van der Waals surface area contributed by atoms with Gasteiger partial charge in [-0.2, -0.15) is 0 Å². The first-order valence-corrected chi connectivity index (χ1v) is 6.48. The van der Waals surface area contributed by atoms with E-state index in [1.54, 1.807) is 0 Å². The fraction of sp³-hybridized carbons (Fsp3) is 0.429. The van der Waals surface area contributed by atoms with E-state index >= 15 is 0 Å². The van der Waals surface area contributed by atoms with E-state index in [0.717, 1.165) is 31.2 Å². The minimum absolute atomic E-state index is 0.205. The summed E-state index contributed by atoms with van der Waals surface area (Å²) >= 11 is 0. The maximum atomic E-state index is 11.5. The molecule has 0 aliphatic heterocycles. The molecule has 104 valence electrons. The monoisotopic (exact) mass is 265 g/mol. The number of aldehydes is 1. The lowest BCUT2D eigenvalue weighted by Gasteiger charge is -2.12. The van der Waals surface area contributed by atoms with Crippen LogP contribution in [0, 0.1) is 0 Å². The number of quaternary nitrogens is 1. The molecule has 5 heteroatoms. The van der Waals surface area contributed by atoms with Gasteiger partial charge in [0, 0.05) is 0 Å². The summed E-state index contributed by atoms with van der Waals surface area (Å²) in [7, 11) is 0. The molecule has 0 aliphatic rings. The zero-order valence-electron chi connectivity index (χ0n) is 11.0. The van der Waals surface area contributed by atoms with E-state index in [-0.39, 0.29) is 6.61 Å². The van der Waals surface area contributed by atoms with E-state index in [4.69, 9.17) is 4.74 Å². The number of hydrogen-bond donors (Lipinski definition) is 2. The number of rotatable bonds is 8. The second-order valence-electron chi connectivity index (χ2n) is 4.30. The summed E-state index contributed by atoms with van der Waals surface area (Å²) in [5.41, 5.74) is 4.65. The quantitative estimate of drug-likeness (QED) is 0.541. The summed E-state index contributed by atoms with van der Waals surface area (Å²) in [5, 5.41) is 2.55. The molecular weight excluding hydrogens is 244 g/mol. The van der Waals surface area contributed by atoms with Gasteiger partial charge in [-0.1, -0.05) is 30.3 Å². The molecule has 5 nitrogen and oxygen atoms in total. The van der Waals surface area contributed by atoms with Crippen LogP contribution < -0.4 is 11.1 Å². The molecular formula is C14H21N2O3+. The third-order valence-corrected chi connectivity index (χ3v) is 2.70. The Morgan fingerprint density at radius 2 is 2.05 bits per heavy atom. The summed E-state index contributed by atoms with van der Waals surface area (Å²) in [6.45, 7) is 1.04. The summed E-state index contributed by atoms with van der Waals surface area (Å²) < 4.78 is 5.05. The number of nitrogens with one attached hydrogen (secondary N) is 1. The number of carbonyl (C=O) groups excluding carboxylic acids is 2. The fourth-order valence-electron chi connectivity index (χ4n) is 1.63. The number of amides is 1. The van der Waals surface area contributed by atoms with Crippen LogP contribution in [0.1, 0.15) is 24.8 Å². The maximum absolute atomic E-state index is 11.5. The van der Waals surface area contributed by atoms with Gasteiger partial charge in [-0.05, 0) is 24.8 Å². The van der Waals surface area contributed by atoms with Gasteiger partial charge in [0.25, 0.3) is 0 Å². The molecule has 1 aromatic rings. The highest BCUT2D eigenvalue weighted by Crippen LogP contribution is 2.02. The fourth-order valence-corrected chi connectivity index (χ4v) is 1.63. The Kier molecular flexibility index (Phi) is 7.27. The van der Waals surface area contributed by atoms with Crippen LogP contribution in [0.4, 0.5) is 4.79 Å². The molecule has 0 saturated heterocycles. The van der Waals surface area contributed by atoms with E-state index in [0.29, 0.717) is 6.42 Å². The maximum Gasteiger partial charge on any atom is 0.408 e. The van der Waals surface area contributed by atoms with Crippen LogP contribution in [0.25, 0.3) is 0 Å². The number of alkyl carbamates (subject to hydrolysis) is 1. The Hall–Kier alpha value is -1.88. The van der Waals surface area contributed by atoms with E-state index < -0.39 is 12.1 Å². The van der Waals surface area contributed by atoms with Crippen molar-refractivity contribution < 1.29 is 20.1 Å². The average Bonchev–Trinajstić information content (AvgIpc) is 2.45. The summed E-state index contributed by atoms with van der Waals surface area (Å²) in [5.74, 6) is 0. The van der Waals surface area contributed by atoms with Gasteiger partial charge in [-0.15, -0.1) is 0 Å². The van der Waals surface area contributed by atoms with Crippen LogP contribution in [-0.4, -0.2) is 25.0 Å². The minimum Gasteiger partial charge on any atom is -0.445 e. The standard InChI is InChI=1S/C14H20N2O3/c15-9-5-4-8-13(10-17)16-14(18)19-11-12-6-2-1-3-7-12/h1-3,6-7,10,13H,4-5,8-9,11,15H2,(H,16,18)/p+1. The highest BCUT2D eigenvalue weighted by molar-refractivity contribution is 5.73. The van der Waals surface area contributed by atoms with E-state index in [2.05, 4.69) is 11.1 Å². The van der Waals surface area contributed by atoms with Crippen LogP contribution >= 0.6 is 0 Å². The predicted molar refractivity (Wildman–Crippen MR) is 71.2 cm³/mol. The predicted octanol–water partition coefficient (Wildman–Crippen LogP) is 0.892. The van der Waals surface area contributed by atoms with Crippen molar-refractivity contribution in [2.24, 2.45) is 0 Å². The molecule has 4 N–H and O–H groups in total. The molecule has 0 fully saturated rings. The van der Waals surface area contributed by atoms with E-state index in [1.807, 2.05) is 30.3 Å². The second-order valence-corrected chi connectivity index (χ2v) is 4.30. The van der Waals surface area contributed by atoms with Gasteiger partial charge in [-0.3, -0.25) is 0 Å². The molecule has 1 aromatic carbocycles. The van der Waals surface area contributed by atoms with Crippen molar-refractivity contribution in [1.29, 1.82) is 0 Å². The summed E-state index contributed by atoms with van der Waals surface area (Å²) in [4.78, 5) is 22.3. The zero-order valence-corrected chi connectivity index (χ0v) is 11.0. The lowest BCUT2D eigenvalue weighted by atomic mass is 10.1. The van der Waals surface area contributed by atoms with Gasteiger partial charge < -0.3 is 20.6 Å². The molecule has 1 amide bonds. The molecule has 0 aromatic heterocycles. The van der Waals surface area contributed by atoms with E-state index in [1.165, 1.54) is 0 Å². The molecule has 1 atom stereocenters. The van der Waals surface area contributed by atoms with Crippen LogP contribution in [0.2, 0.25) is 0 Å². The Bertz CT molecular complexity index is 382. The van der Waals surface area contributed by atoms with Gasteiger partial charge in [0.1, 0.15) is 12.9 Å². The molecule has 0 radical (unpaired) electrons. The zero-order chi connectivity index (χ0) is 13.9. The van der Waals surface area contributed by atoms with Crippen LogP contribution in [0.15, 0.2) is 30.3 Å². The van der Waals surface area contributed by atoms with Gasteiger partial charge in [0.15, 0.2) is 0 Å². The van der Waals surface area contributed by atoms with Crippen molar-refractivity contribution in [3.05, 3.63) is 35.9 Å². The number of ether oxygens (including phenoxy) is 1. The summed E-state index contributed by atoms with van der Waals surface area (Å²) in [6.07, 6.45) is 2.62. The van der Waals surface area contributed by atoms with Gasteiger partial charge in [-0.25, -0.2) is 4.79 Å². The molecule has 1 unspecified atom stereocenters. The van der Waals surface area contributed by atoms with E-state index in [9.17, 15) is 9.59 Å². The molecule has 1 rings (SSSR count). The van der Waals surface area contributed by atoms with Gasteiger partial charge in [0.05, 0.1) is 12.6 Å². The van der Waals surface area contributed by atoms with Crippen LogP contribution in [-0.2, 0) is 16.1 Å². The van der Waals surface area contributed by atoms with Crippen molar-refractivity contribution in [1.82, 2.24) is 5.32 Å². The number of benzene rings is 1. The summed E-state index contributed by atoms with van der Waals surface area (Å²) in [6, 6.07) is 8.93. The second kappa shape index (κ2) is 9.10. The highest BCUT2D eigenvalue weighted by Gasteiger charge is 2.11. The van der Waals surface area contributed by atoms with Gasteiger partial charge >= 0.3 is 6.09 Å². The Morgan fingerprint density at radius 3 is 2.68 bits per heavy atom. The molecule has 19 heavy (non-hydrogen) atoms. The van der Waals surface area contributed by atoms with Crippen molar-refractivity contribution in [2.75, 3.05) is 6.54 Å². The first-order valence-electron chi connectivity index (χ1n) is 6.48. The minimum atomic E-state index is -0.560. The smallest absolute Gasteiger partial charge is 0.408 e. The van der Waals surface area contributed by atoms with Crippen molar-refractivity contribution >= 4 is 12.4 Å². The Morgan fingerprint density at radius 1 is 1.32 bits per heavy atom. The van der Waals surface area contributed by atoms with Crippen molar-refractivity contribution in [3.8, 4) is 0 Å². The SMILES string of the molecule is [NH3+]CCCCC(C=O)NC(=O)OCc1ccccc1. The van der Waals surface area contributed by atoms with Crippen LogP contribution in [0.5, 0.6) is 0 Å². The molecule has 0 aliphatic carbocycles. The first kappa shape index (κ1) is 15.2. The normalized spacial score (nSPS) is 11.6. The molecule has 0 bridgehead atoms. The third kappa shape index (κ3) is 6.57. The van der Waals surface area contributed by atoms with Gasteiger partial charge in [0.2, 0.25) is 0 Å². The average molecular weight is 265 g/mol. The third-order valence-electron chi connectivity index (χ3n) is 2.70.